The molecule has 0 unspecified atom stereocenters. The fourth-order valence-electron chi connectivity index (χ4n) is 0.985. The Balaban J connectivity index is 3.28. The first kappa shape index (κ1) is 10.3. The van der Waals surface area contributed by atoms with Crippen molar-refractivity contribution in [2.75, 3.05) is 0 Å². The molecule has 0 spiro atoms. The molecule has 70 valence electrons. The molecule has 1 aromatic rings. The summed E-state index contributed by atoms with van der Waals surface area (Å²) in [4.78, 5) is 11.2. The van der Waals surface area contributed by atoms with Gasteiger partial charge >= 0.3 is 0 Å². The van der Waals surface area contributed by atoms with Crippen LogP contribution in [0.5, 0.6) is 0 Å². The predicted octanol–water partition coefficient (Wildman–Crippen LogP) is 3.32. The van der Waals surface area contributed by atoms with Crippen molar-refractivity contribution >= 4 is 21.7 Å². The van der Waals surface area contributed by atoms with Crippen molar-refractivity contribution in [3.63, 3.8) is 0 Å². The van der Waals surface area contributed by atoms with E-state index in [-0.39, 0.29) is 22.2 Å². The third-order valence-electron chi connectivity index (χ3n) is 1.61. The van der Waals surface area contributed by atoms with Crippen LogP contribution < -0.4 is 0 Å². The largest absolute Gasteiger partial charge is 0.294 e. The summed E-state index contributed by atoms with van der Waals surface area (Å²) in [6, 6.07) is 1.78. The minimum Gasteiger partial charge on any atom is -0.294 e. The van der Waals surface area contributed by atoms with Crippen LogP contribution in [0.15, 0.2) is 16.6 Å². The number of Topliss-reactive ketones (excluding diaryl/α,β-unsaturated/α-hetero) is 1. The van der Waals surface area contributed by atoms with Crippen molar-refractivity contribution in [1.29, 1.82) is 0 Å². The Morgan fingerprint density at radius 3 is 2.54 bits per heavy atom. The van der Waals surface area contributed by atoms with Crippen LogP contribution in [0.3, 0.4) is 0 Å². The lowest BCUT2D eigenvalue weighted by atomic mass is 10.1. The van der Waals surface area contributed by atoms with Gasteiger partial charge in [-0.2, -0.15) is 0 Å². The molecule has 1 aromatic carbocycles. The fraction of sp³-hybridized carbons (Fsp3) is 0.222. The molecule has 0 saturated carbocycles. The SMILES string of the molecule is CCC(=O)c1c(F)cc(F)cc1Br. The van der Waals surface area contributed by atoms with Gasteiger partial charge in [0.15, 0.2) is 5.78 Å². The molecule has 0 saturated heterocycles. The summed E-state index contributed by atoms with van der Waals surface area (Å²) in [7, 11) is 0. The molecule has 0 fully saturated rings. The van der Waals surface area contributed by atoms with Gasteiger partial charge in [-0.05, 0) is 22.0 Å². The molecular weight excluding hydrogens is 242 g/mol. The number of hydrogen-bond acceptors (Lipinski definition) is 1. The van der Waals surface area contributed by atoms with Gasteiger partial charge in [0.05, 0.1) is 5.56 Å². The normalized spacial score (nSPS) is 10.2. The van der Waals surface area contributed by atoms with Crippen LogP contribution in [-0.4, -0.2) is 5.78 Å². The van der Waals surface area contributed by atoms with Crippen LogP contribution in [0.1, 0.15) is 23.7 Å². The van der Waals surface area contributed by atoms with Crippen molar-refractivity contribution in [2.24, 2.45) is 0 Å². The van der Waals surface area contributed by atoms with Gasteiger partial charge in [0.25, 0.3) is 0 Å². The highest BCUT2D eigenvalue weighted by atomic mass is 79.9. The van der Waals surface area contributed by atoms with Gasteiger partial charge in [-0.3, -0.25) is 4.79 Å². The first-order chi connectivity index (χ1) is 6.06. The smallest absolute Gasteiger partial charge is 0.166 e. The van der Waals surface area contributed by atoms with Gasteiger partial charge in [0.1, 0.15) is 11.6 Å². The van der Waals surface area contributed by atoms with Gasteiger partial charge in [0, 0.05) is 17.0 Å². The molecule has 1 rings (SSSR count). The number of ketones is 1. The second-order valence-corrected chi connectivity index (χ2v) is 3.38. The second kappa shape index (κ2) is 3.96. The van der Waals surface area contributed by atoms with E-state index >= 15 is 0 Å². The summed E-state index contributed by atoms with van der Waals surface area (Å²) < 4.78 is 25.8. The first-order valence-corrected chi connectivity index (χ1v) is 4.53. The molecular formula is C9H7BrF2O. The molecule has 0 aliphatic carbocycles. The van der Waals surface area contributed by atoms with Gasteiger partial charge in [0.2, 0.25) is 0 Å². The lowest BCUT2D eigenvalue weighted by molar-refractivity contribution is 0.0983. The average Bonchev–Trinajstić information content (AvgIpc) is 2.02. The van der Waals surface area contributed by atoms with E-state index in [0.29, 0.717) is 6.07 Å². The van der Waals surface area contributed by atoms with Crippen LogP contribution in [0.25, 0.3) is 0 Å². The van der Waals surface area contributed by atoms with Crippen LogP contribution >= 0.6 is 15.9 Å². The van der Waals surface area contributed by atoms with Crippen LogP contribution in [-0.2, 0) is 0 Å². The van der Waals surface area contributed by atoms with Crippen molar-refractivity contribution in [3.05, 3.63) is 33.8 Å². The Hall–Kier alpha value is -0.770. The molecule has 0 heterocycles. The number of rotatable bonds is 2. The van der Waals surface area contributed by atoms with E-state index in [2.05, 4.69) is 15.9 Å². The Kier molecular flexibility index (Phi) is 3.14. The lowest BCUT2D eigenvalue weighted by Gasteiger charge is -2.03. The Labute approximate surface area is 82.9 Å². The zero-order valence-corrected chi connectivity index (χ0v) is 8.49. The van der Waals surface area contributed by atoms with Gasteiger partial charge in [-0.15, -0.1) is 0 Å². The molecule has 4 heteroatoms. The molecule has 0 radical (unpaired) electrons. The number of carbonyl (C=O) groups is 1. The third-order valence-corrected chi connectivity index (χ3v) is 2.23. The van der Waals surface area contributed by atoms with E-state index < -0.39 is 11.6 Å². The summed E-state index contributed by atoms with van der Waals surface area (Å²) in [6.07, 6.45) is 0.196. The highest BCUT2D eigenvalue weighted by molar-refractivity contribution is 9.10. The molecule has 0 bridgehead atoms. The Morgan fingerprint density at radius 2 is 2.08 bits per heavy atom. The van der Waals surface area contributed by atoms with Crippen molar-refractivity contribution < 1.29 is 13.6 Å². The molecule has 0 atom stereocenters. The summed E-state index contributed by atoms with van der Waals surface area (Å²) in [5.74, 6) is -1.86. The molecule has 0 aliphatic rings. The molecule has 0 N–H and O–H groups in total. The van der Waals surface area contributed by atoms with Crippen molar-refractivity contribution in [1.82, 2.24) is 0 Å². The number of carbonyl (C=O) groups excluding carboxylic acids is 1. The third kappa shape index (κ3) is 2.12. The van der Waals surface area contributed by atoms with Gasteiger partial charge in [-0.1, -0.05) is 6.92 Å². The Bertz CT molecular complexity index is 326. The summed E-state index contributed by atoms with van der Waals surface area (Å²) in [6.45, 7) is 1.62. The van der Waals surface area contributed by atoms with Crippen LogP contribution in [0.4, 0.5) is 8.78 Å². The fourth-order valence-corrected chi connectivity index (χ4v) is 1.61. The average molecular weight is 249 g/mol. The maximum atomic E-state index is 13.1. The van der Waals surface area contributed by atoms with Crippen molar-refractivity contribution in [2.45, 2.75) is 13.3 Å². The molecule has 13 heavy (non-hydrogen) atoms. The highest BCUT2D eigenvalue weighted by Gasteiger charge is 2.15. The van der Waals surface area contributed by atoms with Crippen molar-refractivity contribution in [3.8, 4) is 0 Å². The number of halogens is 3. The summed E-state index contributed by atoms with van der Waals surface area (Å²) in [5, 5.41) is 0. The lowest BCUT2D eigenvalue weighted by Crippen LogP contribution is -2.02. The number of benzene rings is 1. The van der Waals surface area contributed by atoms with E-state index in [0.717, 1.165) is 6.07 Å². The maximum Gasteiger partial charge on any atom is 0.166 e. The predicted molar refractivity (Wildman–Crippen MR) is 48.7 cm³/mol. The van der Waals surface area contributed by atoms with E-state index in [4.69, 9.17) is 0 Å². The van der Waals surface area contributed by atoms with E-state index in [1.165, 1.54) is 0 Å². The van der Waals surface area contributed by atoms with E-state index in [1.807, 2.05) is 0 Å². The zero-order valence-electron chi connectivity index (χ0n) is 6.90. The molecule has 1 nitrogen and oxygen atoms in total. The molecule has 0 aromatic heterocycles. The quantitative estimate of drug-likeness (QED) is 0.735. The van der Waals surface area contributed by atoms with Crippen LogP contribution in [0, 0.1) is 11.6 Å². The number of hydrogen-bond donors (Lipinski definition) is 0. The minimum absolute atomic E-state index is 0.0797. The van der Waals surface area contributed by atoms with Gasteiger partial charge in [-0.25, -0.2) is 8.78 Å². The molecule has 0 amide bonds. The minimum atomic E-state index is -0.821. The van der Waals surface area contributed by atoms with Gasteiger partial charge < -0.3 is 0 Å². The topological polar surface area (TPSA) is 17.1 Å². The van der Waals surface area contributed by atoms with Crippen LogP contribution in [0.2, 0.25) is 0 Å². The first-order valence-electron chi connectivity index (χ1n) is 3.74. The molecule has 0 aliphatic heterocycles. The monoisotopic (exact) mass is 248 g/mol. The highest BCUT2D eigenvalue weighted by Crippen LogP contribution is 2.22. The summed E-state index contributed by atoms with van der Waals surface area (Å²) >= 11 is 2.94. The van der Waals surface area contributed by atoms with E-state index in [1.54, 1.807) is 6.92 Å². The summed E-state index contributed by atoms with van der Waals surface area (Å²) in [5.41, 5.74) is -0.0797. The Morgan fingerprint density at radius 1 is 1.46 bits per heavy atom. The standard InChI is InChI=1S/C9H7BrF2O/c1-2-8(13)9-6(10)3-5(11)4-7(9)12/h3-4H,2H2,1H3. The zero-order chi connectivity index (χ0) is 10.0. The second-order valence-electron chi connectivity index (χ2n) is 2.52. The maximum absolute atomic E-state index is 13.1. The van der Waals surface area contributed by atoms with E-state index in [9.17, 15) is 13.6 Å².